The lowest BCUT2D eigenvalue weighted by Crippen LogP contribution is -2.34. The highest BCUT2D eigenvalue weighted by atomic mass is 32.1. The van der Waals surface area contributed by atoms with E-state index in [9.17, 15) is 4.79 Å². The van der Waals surface area contributed by atoms with Crippen molar-refractivity contribution in [1.29, 1.82) is 0 Å². The molecule has 118 valence electrons. The molecule has 0 amide bonds. The summed E-state index contributed by atoms with van der Waals surface area (Å²) < 4.78 is 0. The Morgan fingerprint density at radius 3 is 2.67 bits per heavy atom. The molecule has 21 heavy (non-hydrogen) atoms. The highest BCUT2D eigenvalue weighted by Crippen LogP contribution is 2.33. The largest absolute Gasteiger partial charge is 0.345 e. The van der Waals surface area contributed by atoms with Crippen LogP contribution in [0.25, 0.3) is 0 Å². The van der Waals surface area contributed by atoms with Crippen LogP contribution in [-0.2, 0) is 6.42 Å². The zero-order valence-corrected chi connectivity index (χ0v) is 14.4. The van der Waals surface area contributed by atoms with Crippen LogP contribution >= 0.6 is 11.3 Å². The molecule has 1 aromatic heterocycles. The van der Waals surface area contributed by atoms with Gasteiger partial charge in [-0.1, -0.05) is 51.4 Å². The van der Waals surface area contributed by atoms with Crippen LogP contribution < -0.4 is 4.90 Å². The molecule has 0 atom stereocenters. The van der Waals surface area contributed by atoms with Crippen molar-refractivity contribution in [2.45, 2.75) is 71.8 Å². The summed E-state index contributed by atoms with van der Waals surface area (Å²) in [5.74, 6) is 0.703. The molecule has 0 saturated heterocycles. The van der Waals surface area contributed by atoms with Gasteiger partial charge in [0, 0.05) is 12.6 Å². The van der Waals surface area contributed by atoms with E-state index in [1.54, 1.807) is 11.3 Å². The van der Waals surface area contributed by atoms with Gasteiger partial charge < -0.3 is 4.90 Å². The van der Waals surface area contributed by atoms with Gasteiger partial charge in [0.15, 0.2) is 11.4 Å². The highest BCUT2D eigenvalue weighted by molar-refractivity contribution is 7.17. The van der Waals surface area contributed by atoms with Crippen LogP contribution in [-0.4, -0.2) is 23.9 Å². The average Bonchev–Trinajstić information content (AvgIpc) is 3.09. The van der Waals surface area contributed by atoms with Gasteiger partial charge in [-0.05, 0) is 31.6 Å². The third kappa shape index (κ3) is 4.29. The van der Waals surface area contributed by atoms with Crippen LogP contribution in [0.2, 0.25) is 0 Å². The second-order valence-electron chi connectivity index (χ2n) is 6.49. The number of aryl methyl sites for hydroxylation is 1. The zero-order chi connectivity index (χ0) is 15.2. The van der Waals surface area contributed by atoms with E-state index in [0.717, 1.165) is 41.4 Å². The Balaban J connectivity index is 2.20. The number of thiazole rings is 1. The van der Waals surface area contributed by atoms with Gasteiger partial charge in [-0.3, -0.25) is 4.79 Å². The van der Waals surface area contributed by atoms with Crippen LogP contribution in [0.4, 0.5) is 5.13 Å². The van der Waals surface area contributed by atoms with Crippen LogP contribution in [0.15, 0.2) is 0 Å². The molecule has 0 spiro atoms. The summed E-state index contributed by atoms with van der Waals surface area (Å²) in [4.78, 5) is 19.4. The Kier molecular flexibility index (Phi) is 6.22. The van der Waals surface area contributed by atoms with Crippen LogP contribution in [0.1, 0.15) is 74.7 Å². The number of aldehydes is 1. The quantitative estimate of drug-likeness (QED) is 0.652. The van der Waals surface area contributed by atoms with E-state index < -0.39 is 0 Å². The average molecular weight is 308 g/mol. The van der Waals surface area contributed by atoms with Crippen LogP contribution in [0, 0.1) is 5.92 Å². The maximum Gasteiger partial charge on any atom is 0.186 e. The molecule has 1 saturated carbocycles. The van der Waals surface area contributed by atoms with Gasteiger partial charge in [-0.15, -0.1) is 0 Å². The van der Waals surface area contributed by atoms with E-state index in [2.05, 4.69) is 25.7 Å². The molecular weight excluding hydrogens is 280 g/mol. The molecule has 0 aromatic carbocycles. The molecule has 2 rings (SSSR count). The number of carbonyl (C=O) groups is 1. The van der Waals surface area contributed by atoms with Crippen molar-refractivity contribution >= 4 is 22.8 Å². The molecule has 0 N–H and O–H groups in total. The summed E-state index contributed by atoms with van der Waals surface area (Å²) in [6, 6.07) is 0.629. The Bertz CT molecular complexity index is 450. The van der Waals surface area contributed by atoms with Gasteiger partial charge in [-0.2, -0.15) is 0 Å². The first-order valence-electron chi connectivity index (χ1n) is 8.37. The maximum atomic E-state index is 11.3. The lowest BCUT2D eigenvalue weighted by atomic mass is 10.1. The number of aromatic nitrogens is 1. The van der Waals surface area contributed by atoms with E-state index in [0.29, 0.717) is 12.0 Å². The van der Waals surface area contributed by atoms with Gasteiger partial charge in [0.05, 0.1) is 10.6 Å². The first-order valence-corrected chi connectivity index (χ1v) is 9.18. The van der Waals surface area contributed by atoms with Crippen molar-refractivity contribution in [3.8, 4) is 0 Å². The number of anilines is 1. The minimum Gasteiger partial charge on any atom is -0.345 e. The van der Waals surface area contributed by atoms with Crippen molar-refractivity contribution < 1.29 is 4.79 Å². The fourth-order valence-corrected chi connectivity index (χ4v) is 4.05. The predicted octanol–water partition coefficient (Wildman–Crippen LogP) is 4.70. The van der Waals surface area contributed by atoms with E-state index in [1.807, 2.05) is 0 Å². The lowest BCUT2D eigenvalue weighted by molar-refractivity contribution is 0.112. The van der Waals surface area contributed by atoms with Gasteiger partial charge in [0.2, 0.25) is 0 Å². The maximum absolute atomic E-state index is 11.3. The Hall–Kier alpha value is -0.900. The molecule has 0 unspecified atom stereocenters. The monoisotopic (exact) mass is 308 g/mol. The summed E-state index contributed by atoms with van der Waals surface area (Å²) in [7, 11) is 0. The van der Waals surface area contributed by atoms with Crippen LogP contribution in [0.5, 0.6) is 0 Å². The SMILES string of the molecule is CCCc1nc(N(CCC(C)C)C2CCCC2)sc1C=O. The summed E-state index contributed by atoms with van der Waals surface area (Å²) in [5, 5.41) is 1.08. The van der Waals surface area contributed by atoms with Gasteiger partial charge in [-0.25, -0.2) is 4.98 Å². The second kappa shape index (κ2) is 7.92. The summed E-state index contributed by atoms with van der Waals surface area (Å²) in [5.41, 5.74) is 1.00. The minimum atomic E-state index is 0.629. The summed E-state index contributed by atoms with van der Waals surface area (Å²) in [6.07, 6.45) is 9.34. The molecule has 0 aliphatic heterocycles. The molecule has 1 aliphatic carbocycles. The first kappa shape index (κ1) is 16.5. The van der Waals surface area contributed by atoms with Crippen molar-refractivity contribution in [1.82, 2.24) is 4.98 Å². The fraction of sp³-hybridized carbons (Fsp3) is 0.765. The zero-order valence-electron chi connectivity index (χ0n) is 13.6. The van der Waals surface area contributed by atoms with Crippen molar-refractivity contribution in [2.24, 2.45) is 5.92 Å². The van der Waals surface area contributed by atoms with Gasteiger partial charge in [0.1, 0.15) is 0 Å². The smallest absolute Gasteiger partial charge is 0.186 e. The molecule has 3 nitrogen and oxygen atoms in total. The first-order chi connectivity index (χ1) is 10.2. The fourth-order valence-electron chi connectivity index (χ4n) is 3.03. The number of carbonyl (C=O) groups excluding carboxylic acids is 1. The van der Waals surface area contributed by atoms with Crippen molar-refractivity contribution in [3.05, 3.63) is 10.6 Å². The molecule has 1 aliphatic rings. The van der Waals surface area contributed by atoms with Crippen molar-refractivity contribution in [3.63, 3.8) is 0 Å². The van der Waals surface area contributed by atoms with E-state index >= 15 is 0 Å². The standard InChI is InChI=1S/C17H28N2OS/c1-4-7-15-16(12-20)21-17(18-15)19(11-10-13(2)3)14-8-5-6-9-14/h12-14H,4-11H2,1-3H3. The van der Waals surface area contributed by atoms with E-state index in [4.69, 9.17) is 4.98 Å². The Labute approximate surface area is 132 Å². The molecule has 0 radical (unpaired) electrons. The second-order valence-corrected chi connectivity index (χ2v) is 7.50. The summed E-state index contributed by atoms with van der Waals surface area (Å²) >= 11 is 1.59. The lowest BCUT2D eigenvalue weighted by Gasteiger charge is -2.29. The summed E-state index contributed by atoms with van der Waals surface area (Å²) in [6.45, 7) is 7.75. The Morgan fingerprint density at radius 1 is 1.38 bits per heavy atom. The molecule has 4 heteroatoms. The minimum absolute atomic E-state index is 0.629. The predicted molar refractivity (Wildman–Crippen MR) is 90.6 cm³/mol. The van der Waals surface area contributed by atoms with Crippen molar-refractivity contribution in [2.75, 3.05) is 11.4 Å². The molecule has 1 aromatic rings. The van der Waals surface area contributed by atoms with Crippen LogP contribution in [0.3, 0.4) is 0 Å². The number of nitrogens with zero attached hydrogens (tertiary/aromatic N) is 2. The molecule has 1 heterocycles. The van der Waals surface area contributed by atoms with E-state index in [-0.39, 0.29) is 0 Å². The topological polar surface area (TPSA) is 33.2 Å². The number of rotatable bonds is 8. The normalized spacial score (nSPS) is 15.8. The van der Waals surface area contributed by atoms with Gasteiger partial charge >= 0.3 is 0 Å². The van der Waals surface area contributed by atoms with Gasteiger partial charge in [0.25, 0.3) is 0 Å². The molecule has 0 bridgehead atoms. The molecular formula is C17H28N2OS. The van der Waals surface area contributed by atoms with E-state index in [1.165, 1.54) is 32.1 Å². The Morgan fingerprint density at radius 2 is 2.10 bits per heavy atom. The number of hydrogen-bond acceptors (Lipinski definition) is 4. The molecule has 1 fully saturated rings. The highest BCUT2D eigenvalue weighted by Gasteiger charge is 2.26. The third-order valence-corrected chi connectivity index (χ3v) is 5.33. The number of hydrogen-bond donors (Lipinski definition) is 0. The third-order valence-electron chi connectivity index (χ3n) is 4.27.